The molecule has 0 N–H and O–H groups in total. The van der Waals surface area contributed by atoms with Gasteiger partial charge in [-0.3, -0.25) is 0 Å². The molecular formula is C62H41NSi. The molecule has 0 saturated heterocycles. The zero-order chi connectivity index (χ0) is 42.5. The van der Waals surface area contributed by atoms with E-state index in [1.165, 1.54) is 81.2 Å². The van der Waals surface area contributed by atoms with Gasteiger partial charge in [0, 0.05) is 22.0 Å². The summed E-state index contributed by atoms with van der Waals surface area (Å²) in [5.41, 5.74) is 13.7. The van der Waals surface area contributed by atoms with Gasteiger partial charge in [0.2, 0.25) is 8.07 Å². The summed E-state index contributed by atoms with van der Waals surface area (Å²) < 4.78 is 2.39. The van der Waals surface area contributed by atoms with Crippen molar-refractivity contribution in [3.8, 4) is 39.4 Å². The Balaban J connectivity index is 1.09. The normalized spacial score (nSPS) is 11.6. The van der Waals surface area contributed by atoms with Crippen LogP contribution >= 0.6 is 0 Å². The summed E-state index contributed by atoms with van der Waals surface area (Å²) in [6.07, 6.45) is 0. The van der Waals surface area contributed by atoms with Crippen LogP contribution in [0.15, 0.2) is 249 Å². The largest absolute Gasteiger partial charge is 0.309 e. The van der Waals surface area contributed by atoms with E-state index in [0.717, 1.165) is 22.0 Å². The lowest BCUT2D eigenvalue weighted by atomic mass is 9.88. The van der Waals surface area contributed by atoms with Gasteiger partial charge in [-0.25, -0.2) is 0 Å². The van der Waals surface area contributed by atoms with Crippen molar-refractivity contribution in [2.75, 3.05) is 0 Å². The highest BCUT2D eigenvalue weighted by Gasteiger charge is 2.39. The van der Waals surface area contributed by atoms with Crippen molar-refractivity contribution in [3.05, 3.63) is 254 Å². The number of fused-ring (bicyclic) bond motifs is 6. The van der Waals surface area contributed by atoms with Gasteiger partial charge in [0.15, 0.2) is 0 Å². The molecule has 0 fully saturated rings. The maximum absolute atomic E-state index is 4.22. The highest BCUT2D eigenvalue weighted by molar-refractivity contribution is 7.17. The van der Waals surface area contributed by atoms with Gasteiger partial charge in [-0.15, -0.1) is 5.54 Å². The van der Waals surface area contributed by atoms with Crippen LogP contribution in [0.5, 0.6) is 0 Å². The molecule has 0 aliphatic heterocycles. The maximum Gasteiger partial charge on any atom is 0.230 e. The minimum Gasteiger partial charge on any atom is -0.309 e. The van der Waals surface area contributed by atoms with Gasteiger partial charge in [-0.05, 0) is 94.4 Å². The third-order valence-electron chi connectivity index (χ3n) is 13.1. The molecule has 0 amide bonds. The van der Waals surface area contributed by atoms with Crippen molar-refractivity contribution in [3.63, 3.8) is 0 Å². The molecule has 0 spiro atoms. The Morgan fingerprint density at radius 1 is 0.328 bits per heavy atom. The number of aromatic nitrogens is 1. The number of nitrogens with zero attached hydrogens (tertiary/aromatic N) is 1. The van der Waals surface area contributed by atoms with Crippen LogP contribution in [0, 0.1) is 11.5 Å². The molecule has 1 nitrogen and oxygen atoms in total. The predicted molar refractivity (Wildman–Crippen MR) is 275 cm³/mol. The molecule has 1 heterocycles. The number of rotatable bonds is 6. The lowest BCUT2D eigenvalue weighted by Crippen LogP contribution is -2.66. The van der Waals surface area contributed by atoms with Crippen molar-refractivity contribution in [2.24, 2.45) is 0 Å². The number of benzene rings is 11. The summed E-state index contributed by atoms with van der Waals surface area (Å²) in [6.45, 7) is 0. The second-order valence-electron chi connectivity index (χ2n) is 16.6. The molecule has 64 heavy (non-hydrogen) atoms. The molecule has 0 bridgehead atoms. The van der Waals surface area contributed by atoms with Gasteiger partial charge in [0.05, 0.1) is 11.0 Å². The van der Waals surface area contributed by atoms with Crippen molar-refractivity contribution in [1.29, 1.82) is 0 Å². The Kier molecular flexibility index (Phi) is 9.15. The summed E-state index contributed by atoms with van der Waals surface area (Å²) in [7, 11) is -3.06. The first kappa shape index (κ1) is 37.5. The molecule has 2 heteroatoms. The lowest BCUT2D eigenvalue weighted by Gasteiger charge is -2.28. The van der Waals surface area contributed by atoms with Crippen LogP contribution in [0.3, 0.4) is 0 Å². The minimum atomic E-state index is -3.06. The molecule has 0 radical (unpaired) electrons. The van der Waals surface area contributed by atoms with E-state index in [1.807, 2.05) is 0 Å². The SMILES string of the molecule is C(#C[Si](c1ccccc1)(c1ccccc1)c1ccc2c(c1)c1ccccc1n2-c1ccccc1)c1c2ccccc2c(-c2ccc(-c3cccc4ccccc34)cc2)c2ccccc12. The topological polar surface area (TPSA) is 4.93 Å². The van der Waals surface area contributed by atoms with Gasteiger partial charge in [-0.2, -0.15) is 0 Å². The zero-order valence-electron chi connectivity index (χ0n) is 35.1. The first-order valence-corrected chi connectivity index (χ1v) is 24.0. The highest BCUT2D eigenvalue weighted by atomic mass is 28.3. The second-order valence-corrected chi connectivity index (χ2v) is 20.1. The van der Waals surface area contributed by atoms with E-state index in [-0.39, 0.29) is 0 Å². The number of hydrogen-bond acceptors (Lipinski definition) is 0. The Hall–Kier alpha value is -8.22. The first-order chi connectivity index (χ1) is 31.8. The molecule has 0 atom stereocenters. The molecular weight excluding hydrogens is 787 g/mol. The van der Waals surface area contributed by atoms with E-state index in [9.17, 15) is 0 Å². The van der Waals surface area contributed by atoms with E-state index in [2.05, 4.69) is 265 Å². The number of hydrogen-bond donors (Lipinski definition) is 0. The van der Waals surface area contributed by atoms with Crippen LogP contribution in [0.25, 0.3) is 82.1 Å². The molecule has 12 aromatic rings. The molecule has 0 aliphatic rings. The number of para-hydroxylation sites is 2. The average Bonchev–Trinajstić information content (AvgIpc) is 3.71. The van der Waals surface area contributed by atoms with Gasteiger partial charge >= 0.3 is 0 Å². The van der Waals surface area contributed by atoms with Crippen LogP contribution < -0.4 is 15.6 Å². The summed E-state index contributed by atoms with van der Waals surface area (Å²) in [5.74, 6) is 4.02. The quantitative estimate of drug-likeness (QED) is 0.0681. The Morgan fingerprint density at radius 2 is 0.828 bits per heavy atom. The van der Waals surface area contributed by atoms with E-state index in [4.69, 9.17) is 0 Å². The van der Waals surface area contributed by atoms with Crippen molar-refractivity contribution < 1.29 is 0 Å². The lowest BCUT2D eigenvalue weighted by molar-refractivity contribution is 1.18. The third kappa shape index (κ3) is 6.09. The molecule has 1 aromatic heterocycles. The van der Waals surface area contributed by atoms with E-state index < -0.39 is 8.07 Å². The fourth-order valence-electron chi connectivity index (χ4n) is 10.2. The summed E-state index contributed by atoms with van der Waals surface area (Å²) in [6, 6.07) is 90.8. The monoisotopic (exact) mass is 827 g/mol. The van der Waals surface area contributed by atoms with Crippen LogP contribution in [0.1, 0.15) is 5.56 Å². The molecule has 0 unspecified atom stereocenters. The Morgan fingerprint density at radius 3 is 1.48 bits per heavy atom. The van der Waals surface area contributed by atoms with Crippen molar-refractivity contribution in [1.82, 2.24) is 4.57 Å². The zero-order valence-corrected chi connectivity index (χ0v) is 36.1. The van der Waals surface area contributed by atoms with Gasteiger partial charge in [0.25, 0.3) is 0 Å². The smallest absolute Gasteiger partial charge is 0.230 e. The van der Waals surface area contributed by atoms with Gasteiger partial charge in [-0.1, -0.05) is 230 Å². The van der Waals surface area contributed by atoms with Crippen molar-refractivity contribution >= 4 is 77.8 Å². The second kappa shape index (κ2) is 15.6. The van der Waals surface area contributed by atoms with Crippen molar-refractivity contribution in [2.45, 2.75) is 0 Å². The summed E-state index contributed by atoms with van der Waals surface area (Å²) >= 11 is 0. The average molecular weight is 828 g/mol. The van der Waals surface area contributed by atoms with Gasteiger partial charge in [0.1, 0.15) is 0 Å². The fourth-order valence-corrected chi connectivity index (χ4v) is 14.0. The molecule has 12 rings (SSSR count). The minimum absolute atomic E-state index is 1.06. The maximum atomic E-state index is 4.22. The highest BCUT2D eigenvalue weighted by Crippen LogP contribution is 2.40. The molecule has 0 saturated carbocycles. The van der Waals surface area contributed by atoms with Crippen LogP contribution in [-0.4, -0.2) is 12.6 Å². The van der Waals surface area contributed by atoms with Crippen LogP contribution in [0.2, 0.25) is 0 Å². The third-order valence-corrected chi connectivity index (χ3v) is 17.2. The standard InChI is InChI=1S/C62H41NSi/c1-4-21-47(22-5-1)63-60-34-17-16-30-56(60)59-43-50(39-40-61(59)63)64(48-23-6-2-7-24-48,49-25-8-3-9-26-49)42-41-55-53-28-12-14-31-57(53)62(58-32-15-13-29-54(55)58)46-37-35-45(36-38-46)52-33-18-20-44-19-10-11-27-51(44)52/h1-40,43H. The Labute approximate surface area is 374 Å². The van der Waals surface area contributed by atoms with E-state index >= 15 is 0 Å². The predicted octanol–water partition coefficient (Wildman–Crippen LogP) is 13.6. The first-order valence-electron chi connectivity index (χ1n) is 22.0. The molecule has 298 valence electrons. The van der Waals surface area contributed by atoms with E-state index in [1.54, 1.807) is 0 Å². The summed E-state index contributed by atoms with van der Waals surface area (Å²) in [5, 5.41) is 13.5. The van der Waals surface area contributed by atoms with Crippen LogP contribution in [-0.2, 0) is 0 Å². The molecule has 11 aromatic carbocycles. The fraction of sp³-hybridized carbons (Fsp3) is 0. The molecule has 0 aliphatic carbocycles. The van der Waals surface area contributed by atoms with E-state index in [0.29, 0.717) is 0 Å². The van der Waals surface area contributed by atoms with Gasteiger partial charge < -0.3 is 4.57 Å². The Bertz CT molecular complexity index is 3660. The summed E-state index contributed by atoms with van der Waals surface area (Å²) in [4.78, 5) is 0. The van der Waals surface area contributed by atoms with Crippen LogP contribution in [0.4, 0.5) is 0 Å².